The number of rotatable bonds is 1. The van der Waals surface area contributed by atoms with Crippen LogP contribution < -0.4 is 5.32 Å². The predicted molar refractivity (Wildman–Crippen MR) is 146 cm³/mol. The van der Waals surface area contributed by atoms with Gasteiger partial charge in [0.05, 0.1) is 25.7 Å². The van der Waals surface area contributed by atoms with Gasteiger partial charge in [-0.1, -0.05) is 12.2 Å². The monoisotopic (exact) mass is 685 g/mol. The summed E-state index contributed by atoms with van der Waals surface area (Å²) in [7, 11) is 0. The highest BCUT2D eigenvalue weighted by atomic mass is 32.7. The first-order valence-corrected chi connectivity index (χ1v) is 17.4. The van der Waals surface area contributed by atoms with E-state index in [1.54, 1.807) is 0 Å². The molecule has 3 N–H and O–H groups in total. The average Bonchev–Trinajstić information content (AvgIpc) is 3.59. The molecule has 0 aliphatic carbocycles. The normalized spacial score (nSPS) is 36.7. The van der Waals surface area contributed by atoms with Gasteiger partial charge in [0.1, 0.15) is 43.1 Å². The number of nitrogens with one attached hydrogen (secondary N) is 2. The number of alkyl halides is 3. The van der Waals surface area contributed by atoms with Crippen LogP contribution >= 0.6 is 25.8 Å². The van der Waals surface area contributed by atoms with E-state index >= 15 is 13.2 Å². The van der Waals surface area contributed by atoms with Crippen molar-refractivity contribution in [1.82, 2.24) is 29.7 Å². The van der Waals surface area contributed by atoms with E-state index < -0.39 is 88.3 Å². The molecule has 0 aromatic carbocycles. The van der Waals surface area contributed by atoms with Crippen molar-refractivity contribution < 1.29 is 50.3 Å². The summed E-state index contributed by atoms with van der Waals surface area (Å²) in [4.78, 5) is 44.2. The van der Waals surface area contributed by atoms with Gasteiger partial charge in [0.25, 0.3) is 11.8 Å². The van der Waals surface area contributed by atoms with Crippen LogP contribution in [0.5, 0.6) is 0 Å². The highest BCUT2D eigenvalue weighted by Gasteiger charge is 2.54. The van der Waals surface area contributed by atoms with Crippen molar-refractivity contribution >= 4 is 72.8 Å². The Bertz CT molecular complexity index is 1650. The largest absolute Gasteiger partial charge is 0.386 e. The molecule has 43 heavy (non-hydrogen) atoms. The lowest BCUT2D eigenvalue weighted by molar-refractivity contribution is -0.119. The lowest BCUT2D eigenvalue weighted by atomic mass is 10.1. The Kier molecular flexibility index (Phi) is 7.98. The zero-order chi connectivity index (χ0) is 30.7. The molecule has 2 bridgehead atoms. The molecule has 232 valence electrons. The molecule has 0 spiro atoms. The lowest BCUT2D eigenvalue weighted by Gasteiger charge is -2.31. The number of nitrogens with zero attached hydrogens (tertiary/aromatic N) is 7. The van der Waals surface area contributed by atoms with Crippen molar-refractivity contribution in [2.24, 2.45) is 9.98 Å². The van der Waals surface area contributed by atoms with Crippen LogP contribution in [0.2, 0.25) is 0 Å². The van der Waals surface area contributed by atoms with Crippen LogP contribution in [-0.2, 0) is 57.1 Å². The summed E-state index contributed by atoms with van der Waals surface area (Å²) in [6, 6.07) is -1.19. The van der Waals surface area contributed by atoms with Crippen molar-refractivity contribution in [3.63, 3.8) is 0 Å². The van der Waals surface area contributed by atoms with Crippen molar-refractivity contribution in [3.8, 4) is 0 Å². The standard InChI is InChI=1S/C19H20F3N9O8P2S2/c20-11-9-2-35-40(33,42)37-5-19(21,22)4-30-10(27-8-1-24-6-25-14(8)30)3-36-41(34,43)39-13(11)17(38-9)31-7-26-12-15(31)28-18(23)29-16(12)32/h1,6-7,9,11-13,17H,2-5H2,(H,33,42)(H,34,43)(H2,23,29,32)/t9-,11-,12?,13-,17-,40?,41?/m1/s1. The molecule has 4 aliphatic heterocycles. The van der Waals surface area contributed by atoms with Gasteiger partial charge in [-0.25, -0.2) is 32.7 Å². The molecular weight excluding hydrogens is 665 g/mol. The average molecular weight is 686 g/mol. The molecule has 2 aromatic heterocycles. The van der Waals surface area contributed by atoms with Crippen LogP contribution in [0.15, 0.2) is 22.5 Å². The third kappa shape index (κ3) is 6.26. The Morgan fingerprint density at radius 1 is 1.30 bits per heavy atom. The van der Waals surface area contributed by atoms with E-state index in [1.165, 1.54) is 6.20 Å². The van der Waals surface area contributed by atoms with E-state index in [0.29, 0.717) is 0 Å². The van der Waals surface area contributed by atoms with Gasteiger partial charge in [0, 0.05) is 0 Å². The van der Waals surface area contributed by atoms with Crippen LogP contribution in [0, 0.1) is 5.41 Å². The van der Waals surface area contributed by atoms with Crippen LogP contribution in [0.4, 0.5) is 13.2 Å². The van der Waals surface area contributed by atoms with Crippen molar-refractivity contribution in [3.05, 3.63) is 18.3 Å². The summed E-state index contributed by atoms with van der Waals surface area (Å²) in [5, 5.41) is 9.94. The number of hydrogen-bond acceptors (Lipinski definition) is 14. The number of thiol groups is 1. The minimum Gasteiger partial charge on any atom is -0.346 e. The second-order valence-electron chi connectivity index (χ2n) is 9.44. The number of amides is 1. The zero-order valence-corrected chi connectivity index (χ0v) is 24.8. The molecule has 17 nitrogen and oxygen atoms in total. The number of hydrogen-bond donors (Lipinski definition) is 4. The topological polar surface area (TPSA) is 208 Å². The highest BCUT2D eigenvalue weighted by molar-refractivity contribution is 8.44. The quantitative estimate of drug-likeness (QED) is 0.243. The molecule has 6 heterocycles. The number of aliphatic imine (C=N–C) groups is 2. The first kappa shape index (κ1) is 30.6. The van der Waals surface area contributed by atoms with Crippen LogP contribution in [0.25, 0.3) is 11.2 Å². The van der Waals surface area contributed by atoms with Gasteiger partial charge < -0.3 is 18.7 Å². The third-order valence-corrected chi connectivity index (χ3v) is 9.60. The van der Waals surface area contributed by atoms with E-state index in [1.807, 2.05) is 0 Å². The van der Waals surface area contributed by atoms with E-state index in [0.717, 1.165) is 22.1 Å². The van der Waals surface area contributed by atoms with Crippen molar-refractivity contribution in [2.75, 3.05) is 13.2 Å². The minimum absolute atomic E-state index is 0.0199. The molecule has 6 rings (SSSR count). The van der Waals surface area contributed by atoms with E-state index in [9.17, 15) is 14.3 Å². The Hall–Kier alpha value is -2.39. The molecular formula is C19H20F3N9O8P2S2. The number of amidine groups is 1. The zero-order valence-electron chi connectivity index (χ0n) is 21.3. The number of carbonyl (C=O) groups is 1. The number of halogens is 3. The van der Waals surface area contributed by atoms with Gasteiger partial charge in [-0.05, 0) is 11.8 Å². The van der Waals surface area contributed by atoms with Gasteiger partial charge in [-0.2, -0.15) is 4.99 Å². The van der Waals surface area contributed by atoms with Gasteiger partial charge in [0.15, 0.2) is 29.9 Å². The number of imidazole rings is 1. The number of guanidine groups is 1. The molecule has 0 radical (unpaired) electrons. The summed E-state index contributed by atoms with van der Waals surface area (Å²) in [5.74, 6) is -5.17. The minimum atomic E-state index is -4.51. The SMILES string of the molecule is N=C1N=C2C(N=CN2[C@@H]2O[C@@H]3COP(=O)(S)OCC(F)(F)Cn4c(nc5cncnc54)COP(O)(=S)O[C@@H]2[C@@H]3F)C(=O)N1. The number of ether oxygens (including phenoxy) is 1. The van der Waals surface area contributed by atoms with Crippen LogP contribution in [0.1, 0.15) is 5.82 Å². The molecule has 3 unspecified atom stereocenters. The van der Waals surface area contributed by atoms with E-state index in [-0.39, 0.29) is 22.8 Å². The fourth-order valence-corrected chi connectivity index (χ4v) is 7.04. The molecule has 1 amide bonds. The smallest absolute Gasteiger partial charge is 0.346 e. The number of carbonyl (C=O) groups excluding carboxylic acids is 1. The fourth-order valence-electron chi connectivity index (χ4n) is 4.58. The van der Waals surface area contributed by atoms with Crippen molar-refractivity contribution in [2.45, 2.75) is 49.7 Å². The summed E-state index contributed by atoms with van der Waals surface area (Å²) >= 11 is 8.84. The Labute approximate surface area is 249 Å². The van der Waals surface area contributed by atoms with Crippen molar-refractivity contribution in [1.29, 1.82) is 5.41 Å². The van der Waals surface area contributed by atoms with E-state index in [2.05, 4.69) is 42.5 Å². The second-order valence-corrected chi connectivity index (χ2v) is 15.2. The first-order valence-electron chi connectivity index (χ1n) is 12.1. The molecule has 7 atom stereocenters. The second kappa shape index (κ2) is 11.2. The third-order valence-electron chi connectivity index (χ3n) is 6.44. The Morgan fingerprint density at radius 2 is 2.09 bits per heavy atom. The summed E-state index contributed by atoms with van der Waals surface area (Å²) in [5.41, 5.74) is 0.0845. The molecule has 0 saturated carbocycles. The maximum Gasteiger partial charge on any atom is 0.386 e. The fraction of sp³-hybridized carbons (Fsp3) is 0.526. The molecule has 24 heteroatoms. The first-order chi connectivity index (χ1) is 20.2. The predicted octanol–water partition coefficient (Wildman–Crippen LogP) is 0.903. The summed E-state index contributed by atoms with van der Waals surface area (Å²) in [6.45, 7) is -12.9. The van der Waals surface area contributed by atoms with Gasteiger partial charge in [-0.3, -0.25) is 39.0 Å². The maximum absolute atomic E-state index is 15.9. The molecule has 1 saturated heterocycles. The van der Waals surface area contributed by atoms with Gasteiger partial charge >= 0.3 is 13.5 Å². The van der Waals surface area contributed by atoms with E-state index in [4.69, 9.17) is 40.0 Å². The highest BCUT2D eigenvalue weighted by Crippen LogP contribution is 2.55. The van der Waals surface area contributed by atoms with Gasteiger partial charge in [0.2, 0.25) is 5.96 Å². The summed E-state index contributed by atoms with van der Waals surface area (Å²) < 4.78 is 86.2. The lowest BCUT2D eigenvalue weighted by Crippen LogP contribution is -2.53. The molecule has 4 aliphatic rings. The maximum atomic E-state index is 15.9. The molecule has 2 aromatic rings. The van der Waals surface area contributed by atoms with Crippen LogP contribution in [-0.4, -0.2) is 103 Å². The van der Waals surface area contributed by atoms with Crippen LogP contribution in [0.3, 0.4) is 0 Å². The summed E-state index contributed by atoms with van der Waals surface area (Å²) in [6.07, 6.45) is -3.58. The molecule has 1 fully saturated rings. The Morgan fingerprint density at radius 3 is 2.88 bits per heavy atom. The Balaban J connectivity index is 1.35. The number of aromatic nitrogens is 4. The number of fused-ring (bicyclic) bond motifs is 6. The van der Waals surface area contributed by atoms with Gasteiger partial charge in [-0.15, -0.1) is 0 Å².